The van der Waals surface area contributed by atoms with E-state index in [9.17, 15) is 10.1 Å². The van der Waals surface area contributed by atoms with Crippen molar-refractivity contribution in [1.29, 1.82) is 0 Å². The van der Waals surface area contributed by atoms with E-state index in [1.54, 1.807) is 19.2 Å². The van der Waals surface area contributed by atoms with E-state index in [-0.39, 0.29) is 10.6 Å². The Kier molecular flexibility index (Phi) is 4.89. The summed E-state index contributed by atoms with van der Waals surface area (Å²) in [6.45, 7) is 7.60. The molecule has 2 heterocycles. The molecule has 110 valence electrons. The van der Waals surface area contributed by atoms with Crippen molar-refractivity contribution in [3.05, 3.63) is 27.9 Å². The van der Waals surface area contributed by atoms with E-state index in [4.69, 9.17) is 0 Å². The number of nitrogens with one attached hydrogen (secondary N) is 1. The largest absolute Gasteiger partial charge is 0.356 e. The Morgan fingerprint density at radius 1 is 1.60 bits per heavy atom. The smallest absolute Gasteiger partial charge is 0.277 e. The summed E-state index contributed by atoms with van der Waals surface area (Å²) in [6, 6.07) is 1.59. The summed E-state index contributed by atoms with van der Waals surface area (Å²) in [5.41, 5.74) is 0.754. The summed E-state index contributed by atoms with van der Waals surface area (Å²) < 4.78 is 0. The molecule has 1 unspecified atom stereocenters. The lowest BCUT2D eigenvalue weighted by atomic mass is 9.99. The fourth-order valence-electron chi connectivity index (χ4n) is 2.65. The number of piperidine rings is 1. The molecule has 0 aliphatic carbocycles. The summed E-state index contributed by atoms with van der Waals surface area (Å²) in [5, 5.41) is 14.4. The van der Waals surface area contributed by atoms with Crippen LogP contribution in [-0.2, 0) is 0 Å². The number of pyridine rings is 1. The predicted molar refractivity (Wildman–Crippen MR) is 79.1 cm³/mol. The van der Waals surface area contributed by atoms with Gasteiger partial charge in [-0.05, 0) is 45.7 Å². The molecule has 1 aliphatic rings. The Labute approximate surface area is 119 Å². The van der Waals surface area contributed by atoms with Gasteiger partial charge in [-0.15, -0.1) is 0 Å². The molecule has 0 aromatic carbocycles. The van der Waals surface area contributed by atoms with E-state index in [0.717, 1.165) is 26.2 Å². The Balaban J connectivity index is 2.14. The number of anilines is 1. The summed E-state index contributed by atoms with van der Waals surface area (Å²) >= 11 is 0. The van der Waals surface area contributed by atoms with E-state index in [0.29, 0.717) is 17.3 Å². The average molecular weight is 278 g/mol. The highest BCUT2D eigenvalue weighted by Crippen LogP contribution is 2.24. The van der Waals surface area contributed by atoms with Crippen LogP contribution in [0.1, 0.15) is 25.3 Å². The van der Waals surface area contributed by atoms with Gasteiger partial charge < -0.3 is 10.2 Å². The highest BCUT2D eigenvalue weighted by molar-refractivity contribution is 5.50. The number of rotatable bonds is 5. The molecular formula is C14H22N4O2. The Morgan fingerprint density at radius 2 is 2.40 bits per heavy atom. The van der Waals surface area contributed by atoms with Crippen LogP contribution >= 0.6 is 0 Å². The second-order valence-corrected chi connectivity index (χ2v) is 5.34. The van der Waals surface area contributed by atoms with Crippen molar-refractivity contribution >= 4 is 11.5 Å². The summed E-state index contributed by atoms with van der Waals surface area (Å²) in [6.07, 6.45) is 4.00. The zero-order valence-electron chi connectivity index (χ0n) is 12.1. The zero-order chi connectivity index (χ0) is 14.5. The van der Waals surface area contributed by atoms with Crippen molar-refractivity contribution in [2.75, 3.05) is 31.1 Å². The minimum absolute atomic E-state index is 0.148. The highest BCUT2D eigenvalue weighted by atomic mass is 16.6. The lowest BCUT2D eigenvalue weighted by Gasteiger charge is -2.30. The van der Waals surface area contributed by atoms with Gasteiger partial charge in [0.2, 0.25) is 0 Å². The van der Waals surface area contributed by atoms with Crippen molar-refractivity contribution in [2.45, 2.75) is 26.7 Å². The average Bonchev–Trinajstić information content (AvgIpc) is 2.46. The molecule has 1 fully saturated rings. The fraction of sp³-hybridized carbons (Fsp3) is 0.643. The maximum absolute atomic E-state index is 11.0. The fourth-order valence-corrected chi connectivity index (χ4v) is 2.65. The number of aryl methyl sites for hydroxylation is 1. The molecular weight excluding hydrogens is 256 g/mol. The van der Waals surface area contributed by atoms with E-state index in [1.165, 1.54) is 12.8 Å². The van der Waals surface area contributed by atoms with Gasteiger partial charge in [0.15, 0.2) is 0 Å². The van der Waals surface area contributed by atoms with Gasteiger partial charge in [-0.1, -0.05) is 0 Å². The van der Waals surface area contributed by atoms with Gasteiger partial charge in [-0.3, -0.25) is 10.1 Å². The topological polar surface area (TPSA) is 71.3 Å². The summed E-state index contributed by atoms with van der Waals surface area (Å²) in [7, 11) is 0. The SMILES string of the molecule is CCN(CC1CCCNC1)c1cc([N+](=O)[O-])c(C)cn1. The van der Waals surface area contributed by atoms with Crippen LogP contribution in [0, 0.1) is 23.0 Å². The van der Waals surface area contributed by atoms with Gasteiger partial charge in [0.25, 0.3) is 5.69 Å². The lowest BCUT2D eigenvalue weighted by Crippen LogP contribution is -2.38. The zero-order valence-corrected chi connectivity index (χ0v) is 12.1. The molecule has 0 amide bonds. The first kappa shape index (κ1) is 14.7. The molecule has 0 spiro atoms. The molecule has 6 nitrogen and oxygen atoms in total. The van der Waals surface area contributed by atoms with Crippen molar-refractivity contribution < 1.29 is 4.92 Å². The molecule has 0 radical (unpaired) electrons. The highest BCUT2D eigenvalue weighted by Gasteiger charge is 2.19. The minimum atomic E-state index is -0.337. The van der Waals surface area contributed by atoms with Crippen molar-refractivity contribution in [3.8, 4) is 0 Å². The lowest BCUT2D eigenvalue weighted by molar-refractivity contribution is -0.385. The normalized spacial score (nSPS) is 18.8. The number of nitro groups is 1. The van der Waals surface area contributed by atoms with Crippen molar-refractivity contribution in [3.63, 3.8) is 0 Å². The Morgan fingerprint density at radius 3 is 3.00 bits per heavy atom. The van der Waals surface area contributed by atoms with Gasteiger partial charge in [-0.2, -0.15) is 0 Å². The van der Waals surface area contributed by atoms with Crippen LogP contribution in [0.25, 0.3) is 0 Å². The van der Waals surface area contributed by atoms with E-state index in [2.05, 4.69) is 22.1 Å². The number of nitrogens with zero attached hydrogens (tertiary/aromatic N) is 3. The molecule has 1 aromatic heterocycles. The minimum Gasteiger partial charge on any atom is -0.356 e. The molecule has 2 rings (SSSR count). The van der Waals surface area contributed by atoms with Crippen LogP contribution in [0.5, 0.6) is 0 Å². The molecule has 0 saturated carbocycles. The Hall–Kier alpha value is -1.69. The number of hydrogen-bond donors (Lipinski definition) is 1. The van der Waals surface area contributed by atoms with Crippen molar-refractivity contribution in [2.24, 2.45) is 5.92 Å². The standard InChI is InChI=1S/C14H22N4O2/c1-3-17(10-12-5-4-6-15-9-12)14-7-13(18(19)20)11(2)8-16-14/h7-8,12,15H,3-6,9-10H2,1-2H3. The van der Waals surface area contributed by atoms with Gasteiger partial charge in [0, 0.05) is 24.8 Å². The Bertz CT molecular complexity index is 472. The maximum atomic E-state index is 11.0. The van der Waals surface area contributed by atoms with Gasteiger partial charge >= 0.3 is 0 Å². The third-order valence-electron chi connectivity index (χ3n) is 3.84. The first-order valence-electron chi connectivity index (χ1n) is 7.18. The van der Waals surface area contributed by atoms with E-state index in [1.807, 2.05) is 0 Å². The van der Waals surface area contributed by atoms with Gasteiger partial charge in [-0.25, -0.2) is 4.98 Å². The van der Waals surface area contributed by atoms with Gasteiger partial charge in [0.05, 0.1) is 11.0 Å². The number of aromatic nitrogens is 1. The molecule has 1 saturated heterocycles. The third kappa shape index (κ3) is 3.45. The monoisotopic (exact) mass is 278 g/mol. The first-order chi connectivity index (χ1) is 9.61. The molecule has 1 atom stereocenters. The van der Waals surface area contributed by atoms with Crippen LogP contribution in [0.15, 0.2) is 12.3 Å². The second-order valence-electron chi connectivity index (χ2n) is 5.34. The van der Waals surface area contributed by atoms with Crippen molar-refractivity contribution in [1.82, 2.24) is 10.3 Å². The predicted octanol–water partition coefficient (Wildman–Crippen LogP) is 2.12. The van der Waals surface area contributed by atoms with E-state index >= 15 is 0 Å². The van der Waals surface area contributed by atoms with Crippen LogP contribution in [0.2, 0.25) is 0 Å². The van der Waals surface area contributed by atoms with Crippen LogP contribution < -0.4 is 10.2 Å². The summed E-state index contributed by atoms with van der Waals surface area (Å²) in [4.78, 5) is 17.2. The van der Waals surface area contributed by atoms with E-state index < -0.39 is 0 Å². The molecule has 20 heavy (non-hydrogen) atoms. The quantitative estimate of drug-likeness (QED) is 0.660. The van der Waals surface area contributed by atoms with Crippen LogP contribution in [0.3, 0.4) is 0 Å². The maximum Gasteiger partial charge on any atom is 0.277 e. The molecule has 1 aromatic rings. The molecule has 1 N–H and O–H groups in total. The molecule has 6 heteroatoms. The van der Waals surface area contributed by atoms with Crippen LogP contribution in [0.4, 0.5) is 11.5 Å². The third-order valence-corrected chi connectivity index (χ3v) is 3.84. The van der Waals surface area contributed by atoms with Crippen LogP contribution in [-0.4, -0.2) is 36.1 Å². The number of hydrogen-bond acceptors (Lipinski definition) is 5. The van der Waals surface area contributed by atoms with Gasteiger partial charge in [0.1, 0.15) is 5.82 Å². The molecule has 1 aliphatic heterocycles. The first-order valence-corrected chi connectivity index (χ1v) is 7.18. The molecule has 0 bridgehead atoms. The second kappa shape index (κ2) is 6.65. The summed E-state index contributed by atoms with van der Waals surface area (Å²) in [5.74, 6) is 1.29.